The molecule has 5 nitrogen and oxygen atoms in total. The molecular formula is C18H21ClN2O3S. The second-order valence-electron chi connectivity index (χ2n) is 5.81. The van der Waals surface area contributed by atoms with Crippen LogP contribution in [0.15, 0.2) is 41.3 Å². The first-order valence-corrected chi connectivity index (χ1v) is 9.78. The smallest absolute Gasteiger partial charge is 0.263 e. The first-order valence-electron chi connectivity index (χ1n) is 7.92. The average molecular weight is 381 g/mol. The Balaban J connectivity index is 2.34. The molecule has 0 saturated carbocycles. The average Bonchev–Trinajstić information content (AvgIpc) is 2.56. The summed E-state index contributed by atoms with van der Waals surface area (Å²) in [4.78, 5) is 11.9. The molecule has 0 spiro atoms. The van der Waals surface area contributed by atoms with Crippen molar-refractivity contribution in [3.05, 3.63) is 58.1 Å². The van der Waals surface area contributed by atoms with Gasteiger partial charge in [-0.3, -0.25) is 9.52 Å². The van der Waals surface area contributed by atoms with Gasteiger partial charge in [-0.15, -0.1) is 0 Å². The molecule has 1 amide bonds. The van der Waals surface area contributed by atoms with Crippen LogP contribution >= 0.6 is 11.6 Å². The van der Waals surface area contributed by atoms with E-state index in [2.05, 4.69) is 10.0 Å². The molecule has 2 aromatic rings. The molecule has 0 atom stereocenters. The van der Waals surface area contributed by atoms with E-state index in [0.717, 1.165) is 17.5 Å². The summed E-state index contributed by atoms with van der Waals surface area (Å²) in [5, 5.41) is 2.77. The van der Waals surface area contributed by atoms with Gasteiger partial charge in [0.2, 0.25) is 0 Å². The van der Waals surface area contributed by atoms with E-state index in [1.54, 1.807) is 12.1 Å². The molecule has 0 fully saturated rings. The molecule has 0 bridgehead atoms. The van der Waals surface area contributed by atoms with Crippen LogP contribution in [0, 0.1) is 13.8 Å². The fourth-order valence-corrected chi connectivity index (χ4v) is 3.78. The maximum Gasteiger partial charge on any atom is 0.263 e. The maximum atomic E-state index is 12.7. The zero-order chi connectivity index (χ0) is 18.6. The van der Waals surface area contributed by atoms with Crippen LogP contribution in [0.3, 0.4) is 0 Å². The number of sulfonamides is 1. The summed E-state index contributed by atoms with van der Waals surface area (Å²) in [5.41, 5.74) is 2.73. The summed E-state index contributed by atoms with van der Waals surface area (Å²) in [6.07, 6.45) is 0.790. The van der Waals surface area contributed by atoms with Gasteiger partial charge in [-0.2, -0.15) is 0 Å². The van der Waals surface area contributed by atoms with Gasteiger partial charge in [0.25, 0.3) is 15.9 Å². The van der Waals surface area contributed by atoms with E-state index >= 15 is 0 Å². The molecule has 0 aliphatic carbocycles. The van der Waals surface area contributed by atoms with Crippen molar-refractivity contribution in [2.24, 2.45) is 0 Å². The first kappa shape index (κ1) is 19.3. The van der Waals surface area contributed by atoms with Crippen LogP contribution in [0.4, 0.5) is 5.69 Å². The lowest BCUT2D eigenvalue weighted by molar-refractivity contribution is 0.0953. The largest absolute Gasteiger partial charge is 0.352 e. The van der Waals surface area contributed by atoms with E-state index in [1.807, 2.05) is 26.8 Å². The summed E-state index contributed by atoms with van der Waals surface area (Å²) in [6.45, 7) is 6.30. The van der Waals surface area contributed by atoms with Crippen LogP contribution in [0.25, 0.3) is 0 Å². The molecule has 134 valence electrons. The highest BCUT2D eigenvalue weighted by atomic mass is 35.5. The third-order valence-electron chi connectivity index (χ3n) is 3.78. The van der Waals surface area contributed by atoms with Crippen molar-refractivity contribution in [1.82, 2.24) is 5.32 Å². The monoisotopic (exact) mass is 380 g/mol. The number of rotatable bonds is 6. The zero-order valence-electron chi connectivity index (χ0n) is 14.4. The van der Waals surface area contributed by atoms with Crippen LogP contribution in [0.5, 0.6) is 0 Å². The summed E-state index contributed by atoms with van der Waals surface area (Å²) in [6, 6.07) is 9.48. The summed E-state index contributed by atoms with van der Waals surface area (Å²) in [7, 11) is -3.91. The third-order valence-corrected chi connectivity index (χ3v) is 5.64. The highest BCUT2D eigenvalue weighted by Gasteiger charge is 2.20. The number of halogens is 1. The fourth-order valence-electron chi connectivity index (χ4n) is 2.21. The third kappa shape index (κ3) is 4.74. The molecule has 2 aromatic carbocycles. The standard InChI is InChI=1S/C18H21ClN2O3S/c1-4-9-20-18(22)14-6-8-16(19)17(11-14)25(23,24)21-15-7-5-12(2)13(3)10-15/h5-8,10-11,21H,4,9H2,1-3H3,(H,20,22). The summed E-state index contributed by atoms with van der Waals surface area (Å²) in [5.74, 6) is -0.332. The van der Waals surface area contributed by atoms with Gasteiger partial charge in [-0.1, -0.05) is 24.6 Å². The minimum absolute atomic E-state index is 0.0587. The second kappa shape index (κ2) is 7.89. The highest BCUT2D eigenvalue weighted by molar-refractivity contribution is 7.92. The van der Waals surface area contributed by atoms with Gasteiger partial charge in [-0.05, 0) is 61.7 Å². The molecule has 0 unspecified atom stereocenters. The van der Waals surface area contributed by atoms with Gasteiger partial charge in [0.15, 0.2) is 0 Å². The van der Waals surface area contributed by atoms with Crippen LogP contribution in [0.2, 0.25) is 5.02 Å². The molecular weight excluding hydrogens is 360 g/mol. The lowest BCUT2D eigenvalue weighted by Gasteiger charge is -2.12. The van der Waals surface area contributed by atoms with Gasteiger partial charge < -0.3 is 5.32 Å². The van der Waals surface area contributed by atoms with Gasteiger partial charge in [-0.25, -0.2) is 8.42 Å². The number of anilines is 1. The van der Waals surface area contributed by atoms with Crippen molar-refractivity contribution in [2.75, 3.05) is 11.3 Å². The number of nitrogens with one attached hydrogen (secondary N) is 2. The van der Waals surface area contributed by atoms with E-state index in [1.165, 1.54) is 18.2 Å². The van der Waals surface area contributed by atoms with E-state index < -0.39 is 10.0 Å². The van der Waals surface area contributed by atoms with Crippen molar-refractivity contribution in [3.63, 3.8) is 0 Å². The molecule has 7 heteroatoms. The van der Waals surface area contributed by atoms with Crippen LogP contribution in [-0.2, 0) is 10.0 Å². The van der Waals surface area contributed by atoms with Gasteiger partial charge in [0.1, 0.15) is 4.90 Å². The highest BCUT2D eigenvalue weighted by Crippen LogP contribution is 2.26. The van der Waals surface area contributed by atoms with Crippen LogP contribution in [0.1, 0.15) is 34.8 Å². The number of amides is 1. The Kier molecular flexibility index (Phi) is 6.08. The SMILES string of the molecule is CCCNC(=O)c1ccc(Cl)c(S(=O)(=O)Nc2ccc(C)c(C)c2)c1. The molecule has 0 heterocycles. The van der Waals surface area contributed by atoms with Crippen LogP contribution in [-0.4, -0.2) is 20.9 Å². The van der Waals surface area contributed by atoms with Gasteiger partial charge in [0.05, 0.1) is 5.02 Å². The fraction of sp³-hybridized carbons (Fsp3) is 0.278. The number of hydrogen-bond acceptors (Lipinski definition) is 3. The first-order chi connectivity index (χ1) is 11.7. The Bertz CT molecular complexity index is 895. The number of benzene rings is 2. The molecule has 0 saturated heterocycles. The van der Waals surface area contributed by atoms with Crippen molar-refractivity contribution < 1.29 is 13.2 Å². The van der Waals surface area contributed by atoms with E-state index in [0.29, 0.717) is 12.2 Å². The number of hydrogen-bond donors (Lipinski definition) is 2. The molecule has 0 aromatic heterocycles. The van der Waals surface area contributed by atoms with E-state index in [-0.39, 0.29) is 21.4 Å². The minimum atomic E-state index is -3.91. The normalized spacial score (nSPS) is 11.2. The molecule has 2 N–H and O–H groups in total. The Morgan fingerprint density at radius 2 is 1.80 bits per heavy atom. The van der Waals surface area contributed by atoms with Crippen molar-refractivity contribution in [2.45, 2.75) is 32.1 Å². The molecule has 0 radical (unpaired) electrons. The number of carbonyl (C=O) groups excluding carboxylic acids is 1. The number of carbonyl (C=O) groups is 1. The Hall–Kier alpha value is -2.05. The van der Waals surface area contributed by atoms with Gasteiger partial charge >= 0.3 is 0 Å². The molecule has 2 rings (SSSR count). The van der Waals surface area contributed by atoms with Crippen LogP contribution < -0.4 is 10.0 Å². The van der Waals surface area contributed by atoms with Crippen molar-refractivity contribution in [1.29, 1.82) is 0 Å². The van der Waals surface area contributed by atoms with E-state index in [9.17, 15) is 13.2 Å². The zero-order valence-corrected chi connectivity index (χ0v) is 16.0. The van der Waals surface area contributed by atoms with E-state index in [4.69, 9.17) is 11.6 Å². The Labute approximate surface area is 153 Å². The second-order valence-corrected chi connectivity index (χ2v) is 7.86. The number of aryl methyl sites for hydroxylation is 2. The Morgan fingerprint density at radius 1 is 1.08 bits per heavy atom. The molecule has 0 aliphatic heterocycles. The molecule has 0 aliphatic rings. The Morgan fingerprint density at radius 3 is 2.44 bits per heavy atom. The topological polar surface area (TPSA) is 75.3 Å². The summed E-state index contributed by atoms with van der Waals surface area (Å²) < 4.78 is 27.9. The molecule has 25 heavy (non-hydrogen) atoms. The van der Waals surface area contributed by atoms with Crippen molar-refractivity contribution in [3.8, 4) is 0 Å². The van der Waals surface area contributed by atoms with Gasteiger partial charge in [0, 0.05) is 17.8 Å². The summed E-state index contributed by atoms with van der Waals surface area (Å²) >= 11 is 6.06. The van der Waals surface area contributed by atoms with Crippen molar-refractivity contribution >= 4 is 33.2 Å². The lowest BCUT2D eigenvalue weighted by atomic mass is 10.1. The predicted molar refractivity (Wildman–Crippen MR) is 101 cm³/mol. The quantitative estimate of drug-likeness (QED) is 0.798. The minimum Gasteiger partial charge on any atom is -0.352 e. The lowest BCUT2D eigenvalue weighted by Crippen LogP contribution is -2.24. The maximum absolute atomic E-state index is 12.7. The predicted octanol–water partition coefficient (Wildman–Crippen LogP) is 3.90.